The van der Waals surface area contributed by atoms with Crippen LogP contribution in [-0.4, -0.2) is 48.8 Å². The SMILES string of the molecule is CC(Oc1ccc(O)cc1)C(=O)NCCNC(=O)C1CCCO1. The Hall–Kier alpha value is -2.28. The minimum atomic E-state index is -0.673. The van der Waals surface area contributed by atoms with Crippen molar-refractivity contribution in [3.05, 3.63) is 24.3 Å². The Bertz CT molecular complexity index is 526. The molecule has 0 aromatic heterocycles. The number of benzene rings is 1. The van der Waals surface area contributed by atoms with Crippen LogP contribution in [0.4, 0.5) is 0 Å². The van der Waals surface area contributed by atoms with Gasteiger partial charge in [0.2, 0.25) is 5.91 Å². The minimum absolute atomic E-state index is 0.134. The van der Waals surface area contributed by atoms with E-state index in [1.807, 2.05) is 0 Å². The van der Waals surface area contributed by atoms with Gasteiger partial charge in [-0.15, -0.1) is 0 Å². The first kappa shape index (κ1) is 17.1. The fourth-order valence-electron chi connectivity index (χ4n) is 2.20. The summed E-state index contributed by atoms with van der Waals surface area (Å²) in [6, 6.07) is 6.14. The van der Waals surface area contributed by atoms with E-state index in [0.717, 1.165) is 12.8 Å². The lowest BCUT2D eigenvalue weighted by atomic mass is 10.2. The smallest absolute Gasteiger partial charge is 0.260 e. The minimum Gasteiger partial charge on any atom is -0.508 e. The summed E-state index contributed by atoms with van der Waals surface area (Å²) in [4.78, 5) is 23.6. The number of hydrogen-bond acceptors (Lipinski definition) is 5. The van der Waals surface area contributed by atoms with Crippen molar-refractivity contribution >= 4 is 11.8 Å². The monoisotopic (exact) mass is 322 g/mol. The molecule has 1 aliphatic heterocycles. The third-order valence-corrected chi connectivity index (χ3v) is 3.46. The molecule has 2 unspecified atom stereocenters. The molecule has 2 rings (SSSR count). The maximum atomic E-state index is 11.9. The second kappa shape index (κ2) is 8.38. The summed E-state index contributed by atoms with van der Waals surface area (Å²) in [5.74, 6) is 0.225. The average Bonchev–Trinajstić information content (AvgIpc) is 3.07. The number of phenols is 1. The van der Waals surface area contributed by atoms with Crippen LogP contribution >= 0.6 is 0 Å². The van der Waals surface area contributed by atoms with Crippen molar-refractivity contribution in [2.75, 3.05) is 19.7 Å². The molecule has 7 heteroatoms. The van der Waals surface area contributed by atoms with Gasteiger partial charge in [0.05, 0.1) is 0 Å². The molecule has 1 saturated heterocycles. The molecule has 0 radical (unpaired) electrons. The van der Waals surface area contributed by atoms with Crippen molar-refractivity contribution in [1.82, 2.24) is 10.6 Å². The van der Waals surface area contributed by atoms with Crippen LogP contribution in [-0.2, 0) is 14.3 Å². The van der Waals surface area contributed by atoms with Crippen molar-refractivity contribution in [2.45, 2.75) is 32.0 Å². The van der Waals surface area contributed by atoms with E-state index in [-0.39, 0.29) is 23.7 Å². The van der Waals surface area contributed by atoms with Gasteiger partial charge in [0.1, 0.15) is 17.6 Å². The Morgan fingerprint density at radius 1 is 1.30 bits per heavy atom. The summed E-state index contributed by atoms with van der Waals surface area (Å²) >= 11 is 0. The first-order valence-electron chi connectivity index (χ1n) is 7.69. The molecular formula is C16H22N2O5. The standard InChI is InChI=1S/C16H22N2O5/c1-11(23-13-6-4-12(19)5-7-13)15(20)17-8-9-18-16(21)14-3-2-10-22-14/h4-7,11,14,19H,2-3,8-10H2,1H3,(H,17,20)(H,18,21). The highest BCUT2D eigenvalue weighted by molar-refractivity contribution is 5.82. The number of amides is 2. The van der Waals surface area contributed by atoms with Gasteiger partial charge in [0, 0.05) is 19.7 Å². The number of aromatic hydroxyl groups is 1. The molecule has 2 amide bonds. The summed E-state index contributed by atoms with van der Waals surface area (Å²) in [6.45, 7) is 2.92. The molecule has 1 aliphatic rings. The molecule has 7 nitrogen and oxygen atoms in total. The molecule has 126 valence electrons. The Morgan fingerprint density at radius 2 is 2.00 bits per heavy atom. The Kier molecular flexibility index (Phi) is 6.22. The second-order valence-corrected chi connectivity index (χ2v) is 5.34. The lowest BCUT2D eigenvalue weighted by Gasteiger charge is -2.15. The van der Waals surface area contributed by atoms with E-state index in [0.29, 0.717) is 25.4 Å². The summed E-state index contributed by atoms with van der Waals surface area (Å²) in [5, 5.41) is 14.6. The maximum Gasteiger partial charge on any atom is 0.260 e. The lowest BCUT2D eigenvalue weighted by Crippen LogP contribution is -2.42. The van der Waals surface area contributed by atoms with Crippen LogP contribution in [0.2, 0.25) is 0 Å². The van der Waals surface area contributed by atoms with Gasteiger partial charge in [-0.1, -0.05) is 0 Å². The summed E-state index contributed by atoms with van der Waals surface area (Å²) < 4.78 is 10.7. The van der Waals surface area contributed by atoms with Gasteiger partial charge in [-0.05, 0) is 44.0 Å². The molecule has 0 bridgehead atoms. The van der Waals surface area contributed by atoms with Crippen LogP contribution in [0.1, 0.15) is 19.8 Å². The highest BCUT2D eigenvalue weighted by Crippen LogP contribution is 2.17. The molecule has 1 heterocycles. The highest BCUT2D eigenvalue weighted by atomic mass is 16.5. The van der Waals surface area contributed by atoms with Crippen LogP contribution in [0.5, 0.6) is 11.5 Å². The van der Waals surface area contributed by atoms with Gasteiger partial charge < -0.3 is 25.2 Å². The van der Waals surface area contributed by atoms with Gasteiger partial charge >= 0.3 is 0 Å². The Morgan fingerprint density at radius 3 is 2.65 bits per heavy atom. The second-order valence-electron chi connectivity index (χ2n) is 5.34. The maximum absolute atomic E-state index is 11.9. The molecule has 2 atom stereocenters. The fraction of sp³-hybridized carbons (Fsp3) is 0.500. The number of carbonyl (C=O) groups excluding carboxylic acids is 2. The Labute approximate surface area is 135 Å². The molecular weight excluding hydrogens is 300 g/mol. The molecule has 3 N–H and O–H groups in total. The molecule has 1 aromatic rings. The van der Waals surface area contributed by atoms with Crippen molar-refractivity contribution in [2.24, 2.45) is 0 Å². The van der Waals surface area contributed by atoms with E-state index in [2.05, 4.69) is 10.6 Å². The first-order valence-corrected chi connectivity index (χ1v) is 7.69. The quantitative estimate of drug-likeness (QED) is 0.638. The van der Waals surface area contributed by atoms with Crippen LogP contribution in [0.15, 0.2) is 24.3 Å². The molecule has 0 aliphatic carbocycles. The zero-order valence-corrected chi connectivity index (χ0v) is 13.1. The van der Waals surface area contributed by atoms with Crippen molar-refractivity contribution in [1.29, 1.82) is 0 Å². The van der Waals surface area contributed by atoms with E-state index in [1.165, 1.54) is 12.1 Å². The summed E-state index contributed by atoms with van der Waals surface area (Å²) in [6.07, 6.45) is 0.618. The van der Waals surface area contributed by atoms with Crippen LogP contribution < -0.4 is 15.4 Å². The number of phenolic OH excluding ortho intramolecular Hbond substituents is 1. The predicted molar refractivity (Wildman–Crippen MR) is 83.2 cm³/mol. The number of hydrogen-bond donors (Lipinski definition) is 3. The zero-order chi connectivity index (χ0) is 16.7. The third kappa shape index (κ3) is 5.45. The number of carbonyl (C=O) groups is 2. The lowest BCUT2D eigenvalue weighted by molar-refractivity contribution is -0.130. The Balaban J connectivity index is 1.63. The van der Waals surface area contributed by atoms with E-state index >= 15 is 0 Å². The van der Waals surface area contributed by atoms with Gasteiger partial charge in [-0.2, -0.15) is 0 Å². The van der Waals surface area contributed by atoms with E-state index in [4.69, 9.17) is 9.47 Å². The van der Waals surface area contributed by atoms with Gasteiger partial charge in [-0.25, -0.2) is 0 Å². The van der Waals surface area contributed by atoms with Crippen LogP contribution in [0, 0.1) is 0 Å². The zero-order valence-electron chi connectivity index (χ0n) is 13.1. The fourth-order valence-corrected chi connectivity index (χ4v) is 2.20. The van der Waals surface area contributed by atoms with Crippen molar-refractivity contribution in [3.8, 4) is 11.5 Å². The molecule has 0 saturated carbocycles. The van der Waals surface area contributed by atoms with Gasteiger partial charge in [0.25, 0.3) is 5.91 Å². The van der Waals surface area contributed by atoms with E-state index in [9.17, 15) is 14.7 Å². The normalized spacial score (nSPS) is 18.2. The highest BCUT2D eigenvalue weighted by Gasteiger charge is 2.23. The molecule has 23 heavy (non-hydrogen) atoms. The van der Waals surface area contributed by atoms with Crippen LogP contribution in [0.25, 0.3) is 0 Å². The van der Waals surface area contributed by atoms with Crippen molar-refractivity contribution < 1.29 is 24.2 Å². The largest absolute Gasteiger partial charge is 0.508 e. The van der Waals surface area contributed by atoms with E-state index < -0.39 is 6.10 Å². The van der Waals surface area contributed by atoms with Crippen LogP contribution in [0.3, 0.4) is 0 Å². The summed E-state index contributed by atoms with van der Waals surface area (Å²) in [5.41, 5.74) is 0. The topological polar surface area (TPSA) is 96.9 Å². The van der Waals surface area contributed by atoms with Gasteiger partial charge in [0.15, 0.2) is 6.10 Å². The van der Waals surface area contributed by atoms with Gasteiger partial charge in [-0.3, -0.25) is 9.59 Å². The predicted octanol–water partition coefficient (Wildman–Crippen LogP) is 0.571. The number of nitrogens with one attached hydrogen (secondary N) is 2. The first-order chi connectivity index (χ1) is 11.1. The average molecular weight is 322 g/mol. The van der Waals surface area contributed by atoms with Crippen molar-refractivity contribution in [3.63, 3.8) is 0 Å². The molecule has 1 fully saturated rings. The van der Waals surface area contributed by atoms with E-state index in [1.54, 1.807) is 19.1 Å². The summed E-state index contributed by atoms with van der Waals surface area (Å²) in [7, 11) is 0. The molecule has 1 aromatic carbocycles. The number of ether oxygens (including phenoxy) is 2. The third-order valence-electron chi connectivity index (χ3n) is 3.46. The molecule has 0 spiro atoms. The number of rotatable bonds is 7.